The van der Waals surface area contributed by atoms with E-state index in [1.807, 2.05) is 24.3 Å². The third-order valence-corrected chi connectivity index (χ3v) is 4.68. The molecule has 0 saturated heterocycles. The minimum absolute atomic E-state index is 0.0114. The van der Waals surface area contributed by atoms with Crippen LogP contribution in [0, 0.1) is 0 Å². The molecule has 2 aromatic rings. The van der Waals surface area contributed by atoms with Gasteiger partial charge in [0.05, 0.1) is 0 Å². The number of hydrogen-bond donors (Lipinski definition) is 0. The van der Waals surface area contributed by atoms with Gasteiger partial charge in [0.25, 0.3) is 6.47 Å². The van der Waals surface area contributed by atoms with Crippen LogP contribution in [-0.2, 0) is 14.3 Å². The van der Waals surface area contributed by atoms with Gasteiger partial charge in [-0.1, -0.05) is 54.6 Å². The summed E-state index contributed by atoms with van der Waals surface area (Å²) in [5.41, 5.74) is 4.70. The summed E-state index contributed by atoms with van der Waals surface area (Å²) in [6.45, 7) is 0.955. The standard InChI is InChI=1S/C20H17NO4/c22-13-25-19-10-5-11-21(19)20(23)24-12-18-16-8-3-1-6-14(16)15-7-2-4-9-17(15)18/h1-10,13,18-19H,11-12H2/t19-/m1/s1. The first-order valence-corrected chi connectivity index (χ1v) is 8.17. The summed E-state index contributed by atoms with van der Waals surface area (Å²) < 4.78 is 10.4. The zero-order valence-corrected chi connectivity index (χ0v) is 13.5. The van der Waals surface area contributed by atoms with Crippen LogP contribution in [0.1, 0.15) is 17.0 Å². The maximum Gasteiger partial charge on any atom is 0.413 e. The molecule has 1 aliphatic carbocycles. The number of benzene rings is 2. The largest absolute Gasteiger partial charge is 0.448 e. The van der Waals surface area contributed by atoms with Gasteiger partial charge in [-0.05, 0) is 28.3 Å². The lowest BCUT2D eigenvalue weighted by Gasteiger charge is -2.23. The van der Waals surface area contributed by atoms with E-state index in [0.717, 1.165) is 11.1 Å². The maximum absolute atomic E-state index is 12.4. The Labute approximate surface area is 145 Å². The van der Waals surface area contributed by atoms with E-state index >= 15 is 0 Å². The molecule has 0 aromatic heterocycles. The molecule has 2 aliphatic rings. The Hall–Kier alpha value is -3.08. The van der Waals surface area contributed by atoms with Crippen molar-refractivity contribution in [2.45, 2.75) is 12.1 Å². The molecule has 0 radical (unpaired) electrons. The molecule has 2 aromatic carbocycles. The van der Waals surface area contributed by atoms with Gasteiger partial charge < -0.3 is 9.47 Å². The van der Waals surface area contributed by atoms with Crippen LogP contribution in [0.5, 0.6) is 0 Å². The van der Waals surface area contributed by atoms with Crippen LogP contribution >= 0.6 is 0 Å². The fraction of sp³-hybridized carbons (Fsp3) is 0.200. The maximum atomic E-state index is 12.4. The van der Waals surface area contributed by atoms with E-state index in [1.165, 1.54) is 16.0 Å². The minimum Gasteiger partial charge on any atom is -0.448 e. The molecule has 1 amide bonds. The van der Waals surface area contributed by atoms with Crippen molar-refractivity contribution in [1.82, 2.24) is 4.90 Å². The fourth-order valence-corrected chi connectivity index (χ4v) is 3.53. The molecule has 0 spiro atoms. The topological polar surface area (TPSA) is 55.8 Å². The molecule has 0 N–H and O–H groups in total. The quantitative estimate of drug-likeness (QED) is 0.635. The second kappa shape index (κ2) is 6.43. The van der Waals surface area contributed by atoms with E-state index < -0.39 is 12.3 Å². The monoisotopic (exact) mass is 335 g/mol. The van der Waals surface area contributed by atoms with Gasteiger partial charge in [0.15, 0.2) is 6.23 Å². The first-order chi connectivity index (χ1) is 12.3. The molecule has 0 saturated carbocycles. The van der Waals surface area contributed by atoms with Crippen molar-refractivity contribution < 1.29 is 19.1 Å². The summed E-state index contributed by atoms with van der Waals surface area (Å²) in [7, 11) is 0. The molecule has 0 fully saturated rings. The van der Waals surface area contributed by atoms with Crippen LogP contribution in [0.4, 0.5) is 4.79 Å². The molecular formula is C20H17NO4. The first kappa shape index (κ1) is 15.4. The molecule has 0 bridgehead atoms. The van der Waals surface area contributed by atoms with Crippen LogP contribution in [-0.4, -0.2) is 36.8 Å². The lowest BCUT2D eigenvalue weighted by molar-refractivity contribution is -0.136. The Morgan fingerprint density at radius 2 is 1.72 bits per heavy atom. The van der Waals surface area contributed by atoms with Crippen LogP contribution < -0.4 is 0 Å². The number of fused-ring (bicyclic) bond motifs is 3. The SMILES string of the molecule is O=CO[C@@H]1C=CCN1C(=O)OCC1c2ccccc2-c2ccccc21. The summed E-state index contributed by atoms with van der Waals surface area (Å²) in [5.74, 6) is 0.0114. The molecule has 1 aliphatic heterocycles. The van der Waals surface area contributed by atoms with Gasteiger partial charge in [-0.25, -0.2) is 4.79 Å². The van der Waals surface area contributed by atoms with Gasteiger partial charge in [0.2, 0.25) is 0 Å². The summed E-state index contributed by atoms with van der Waals surface area (Å²) in [4.78, 5) is 24.3. The summed E-state index contributed by atoms with van der Waals surface area (Å²) in [5, 5.41) is 0. The van der Waals surface area contributed by atoms with Crippen molar-refractivity contribution in [2.75, 3.05) is 13.2 Å². The van der Waals surface area contributed by atoms with E-state index in [2.05, 4.69) is 24.3 Å². The highest BCUT2D eigenvalue weighted by Gasteiger charge is 2.31. The molecular weight excluding hydrogens is 318 g/mol. The second-order valence-electron chi connectivity index (χ2n) is 6.01. The van der Waals surface area contributed by atoms with Crippen molar-refractivity contribution in [1.29, 1.82) is 0 Å². The summed E-state index contributed by atoms with van der Waals surface area (Å²) in [6, 6.07) is 16.4. The third kappa shape index (κ3) is 2.67. The number of hydrogen-bond acceptors (Lipinski definition) is 4. The number of ether oxygens (including phenoxy) is 2. The molecule has 5 heteroatoms. The second-order valence-corrected chi connectivity index (χ2v) is 6.01. The zero-order chi connectivity index (χ0) is 17.2. The van der Waals surface area contributed by atoms with E-state index in [0.29, 0.717) is 13.0 Å². The molecule has 1 heterocycles. The minimum atomic E-state index is -0.687. The number of nitrogens with zero attached hydrogens (tertiary/aromatic N) is 1. The predicted octanol–water partition coefficient (Wildman–Crippen LogP) is 3.31. The Morgan fingerprint density at radius 3 is 2.36 bits per heavy atom. The van der Waals surface area contributed by atoms with Gasteiger partial charge in [0.1, 0.15) is 6.61 Å². The van der Waals surface area contributed by atoms with E-state index in [9.17, 15) is 9.59 Å². The van der Waals surface area contributed by atoms with Crippen molar-refractivity contribution in [3.63, 3.8) is 0 Å². The van der Waals surface area contributed by atoms with E-state index in [1.54, 1.807) is 12.2 Å². The van der Waals surface area contributed by atoms with Gasteiger partial charge >= 0.3 is 6.09 Å². The van der Waals surface area contributed by atoms with Crippen molar-refractivity contribution in [3.05, 3.63) is 71.8 Å². The highest BCUT2D eigenvalue weighted by Crippen LogP contribution is 2.44. The summed E-state index contributed by atoms with van der Waals surface area (Å²) in [6.07, 6.45) is 2.26. The van der Waals surface area contributed by atoms with E-state index in [4.69, 9.17) is 9.47 Å². The zero-order valence-electron chi connectivity index (χ0n) is 13.5. The average Bonchev–Trinajstić information content (AvgIpc) is 3.23. The van der Waals surface area contributed by atoms with Crippen LogP contribution in [0.15, 0.2) is 60.7 Å². The van der Waals surface area contributed by atoms with Crippen molar-refractivity contribution in [3.8, 4) is 11.1 Å². The fourth-order valence-electron chi connectivity index (χ4n) is 3.53. The Morgan fingerprint density at radius 1 is 1.08 bits per heavy atom. The molecule has 5 nitrogen and oxygen atoms in total. The normalized spacial score (nSPS) is 17.9. The molecule has 1 atom stereocenters. The van der Waals surface area contributed by atoms with Crippen LogP contribution in [0.3, 0.4) is 0 Å². The summed E-state index contributed by atoms with van der Waals surface area (Å²) >= 11 is 0. The van der Waals surface area contributed by atoms with Crippen LogP contribution in [0.2, 0.25) is 0 Å². The predicted molar refractivity (Wildman–Crippen MR) is 91.9 cm³/mol. The van der Waals surface area contributed by atoms with Gasteiger partial charge in [0, 0.05) is 12.5 Å². The molecule has 126 valence electrons. The first-order valence-electron chi connectivity index (χ1n) is 8.17. The molecule has 0 unspecified atom stereocenters. The highest BCUT2D eigenvalue weighted by molar-refractivity contribution is 5.79. The number of rotatable bonds is 4. The number of carbonyl (C=O) groups is 2. The lowest BCUT2D eigenvalue weighted by atomic mass is 9.98. The van der Waals surface area contributed by atoms with Crippen LogP contribution in [0.25, 0.3) is 11.1 Å². The number of carbonyl (C=O) groups excluding carboxylic acids is 2. The Balaban J connectivity index is 1.52. The average molecular weight is 335 g/mol. The third-order valence-electron chi connectivity index (χ3n) is 4.68. The highest BCUT2D eigenvalue weighted by atomic mass is 16.6. The lowest BCUT2D eigenvalue weighted by Crippen LogP contribution is -2.38. The molecule has 4 rings (SSSR count). The smallest absolute Gasteiger partial charge is 0.413 e. The van der Waals surface area contributed by atoms with Crippen molar-refractivity contribution in [2.24, 2.45) is 0 Å². The Kier molecular flexibility index (Phi) is 3.98. The van der Waals surface area contributed by atoms with Gasteiger partial charge in [-0.2, -0.15) is 0 Å². The van der Waals surface area contributed by atoms with Crippen molar-refractivity contribution >= 4 is 12.6 Å². The molecule has 25 heavy (non-hydrogen) atoms. The van der Waals surface area contributed by atoms with Gasteiger partial charge in [-0.3, -0.25) is 9.69 Å². The van der Waals surface area contributed by atoms with E-state index in [-0.39, 0.29) is 12.5 Å². The number of amides is 1. The Bertz CT molecular complexity index is 800. The van der Waals surface area contributed by atoms with Gasteiger partial charge in [-0.15, -0.1) is 0 Å².